The third-order valence-electron chi connectivity index (χ3n) is 6.63. The minimum atomic E-state index is -0.137. The Morgan fingerprint density at radius 1 is 1.20 bits per heavy atom. The Balaban J connectivity index is 1.56. The first kappa shape index (κ1) is 19.3. The second-order valence-corrected chi connectivity index (χ2v) is 8.46. The van der Waals surface area contributed by atoms with Crippen LogP contribution in [0.3, 0.4) is 0 Å². The predicted octanol–water partition coefficient (Wildman–Crippen LogP) is 1.66. The second kappa shape index (κ2) is 7.52. The van der Waals surface area contributed by atoms with Crippen molar-refractivity contribution in [3.05, 3.63) is 39.8 Å². The van der Waals surface area contributed by atoms with Crippen LogP contribution < -0.4 is 5.56 Å². The number of aliphatic hydroxyl groups excluding tert-OH is 1. The van der Waals surface area contributed by atoms with Gasteiger partial charge in [0.05, 0.1) is 35.3 Å². The molecular formula is C22H27N5O3. The first-order chi connectivity index (χ1) is 14.6. The number of hydrogen-bond donors (Lipinski definition) is 2. The normalized spacial score (nSPS) is 18.3. The number of aromatic nitrogens is 3. The van der Waals surface area contributed by atoms with Gasteiger partial charge < -0.3 is 15.0 Å². The molecule has 0 atom stereocenters. The predicted molar refractivity (Wildman–Crippen MR) is 115 cm³/mol. The van der Waals surface area contributed by atoms with Gasteiger partial charge in [-0.05, 0) is 43.9 Å². The Bertz CT molecular complexity index is 1170. The Morgan fingerprint density at radius 3 is 2.63 bits per heavy atom. The molecule has 30 heavy (non-hydrogen) atoms. The van der Waals surface area contributed by atoms with E-state index in [1.54, 1.807) is 6.20 Å². The van der Waals surface area contributed by atoms with Crippen LogP contribution in [0.2, 0.25) is 0 Å². The van der Waals surface area contributed by atoms with Gasteiger partial charge in [0.25, 0.3) is 11.5 Å². The van der Waals surface area contributed by atoms with Crippen LogP contribution in [0, 0.1) is 6.92 Å². The van der Waals surface area contributed by atoms with Crippen molar-refractivity contribution in [2.24, 2.45) is 0 Å². The number of aromatic amines is 1. The molecule has 0 unspecified atom stereocenters. The summed E-state index contributed by atoms with van der Waals surface area (Å²) in [4.78, 5) is 32.9. The van der Waals surface area contributed by atoms with E-state index in [2.05, 4.69) is 15.0 Å². The van der Waals surface area contributed by atoms with Gasteiger partial charge in [0.15, 0.2) is 0 Å². The maximum absolute atomic E-state index is 13.3. The smallest absolute Gasteiger partial charge is 0.259 e. The molecule has 3 heterocycles. The van der Waals surface area contributed by atoms with Gasteiger partial charge in [-0.3, -0.25) is 19.2 Å². The van der Waals surface area contributed by atoms with Crippen molar-refractivity contribution in [2.75, 3.05) is 39.3 Å². The van der Waals surface area contributed by atoms with Crippen molar-refractivity contribution in [1.82, 2.24) is 24.6 Å². The van der Waals surface area contributed by atoms with E-state index in [4.69, 9.17) is 5.11 Å². The highest BCUT2D eigenvalue weighted by molar-refractivity contribution is 6.07. The summed E-state index contributed by atoms with van der Waals surface area (Å²) in [6.07, 6.45) is 4.97. The molecule has 0 spiro atoms. The summed E-state index contributed by atoms with van der Waals surface area (Å²) >= 11 is 0. The van der Waals surface area contributed by atoms with Gasteiger partial charge in [0.1, 0.15) is 0 Å². The highest BCUT2D eigenvalue weighted by Crippen LogP contribution is 2.35. The summed E-state index contributed by atoms with van der Waals surface area (Å²) < 4.78 is 1.98. The topological polar surface area (TPSA) is 94.5 Å². The SMILES string of the molecule is Cc1cc2[nH]c(=O)c3cnn(C4CCC4)c3c2cc1C(=O)N1CCN(CCO)CC1. The Labute approximate surface area is 174 Å². The minimum absolute atomic E-state index is 0.0205. The van der Waals surface area contributed by atoms with Crippen LogP contribution in [-0.2, 0) is 0 Å². The van der Waals surface area contributed by atoms with E-state index in [0.717, 1.165) is 47.9 Å². The average Bonchev–Trinajstić information content (AvgIpc) is 3.12. The monoisotopic (exact) mass is 409 g/mol. The van der Waals surface area contributed by atoms with Crippen molar-refractivity contribution in [3.8, 4) is 0 Å². The van der Waals surface area contributed by atoms with Gasteiger partial charge in [-0.15, -0.1) is 0 Å². The number of fused-ring (bicyclic) bond motifs is 3. The van der Waals surface area contributed by atoms with Crippen LogP contribution in [0.1, 0.15) is 41.2 Å². The lowest BCUT2D eigenvalue weighted by Gasteiger charge is -2.34. The lowest BCUT2D eigenvalue weighted by Crippen LogP contribution is -2.49. The fourth-order valence-corrected chi connectivity index (χ4v) is 4.62. The fourth-order valence-electron chi connectivity index (χ4n) is 4.62. The molecule has 1 aliphatic heterocycles. The van der Waals surface area contributed by atoms with Crippen LogP contribution >= 0.6 is 0 Å². The molecule has 1 aliphatic carbocycles. The highest BCUT2D eigenvalue weighted by Gasteiger charge is 2.26. The second-order valence-electron chi connectivity index (χ2n) is 8.46. The Kier molecular flexibility index (Phi) is 4.83. The molecule has 0 bridgehead atoms. The number of β-amino-alcohol motifs (C(OH)–C–C–N with tert-alkyl or cyclic N) is 1. The van der Waals surface area contributed by atoms with Crippen LogP contribution in [0.15, 0.2) is 23.1 Å². The first-order valence-electron chi connectivity index (χ1n) is 10.7. The highest BCUT2D eigenvalue weighted by atomic mass is 16.3. The molecule has 2 N–H and O–H groups in total. The summed E-state index contributed by atoms with van der Waals surface area (Å²) in [6.45, 7) is 5.54. The van der Waals surface area contributed by atoms with E-state index in [1.807, 2.05) is 28.6 Å². The van der Waals surface area contributed by atoms with Gasteiger partial charge in [0, 0.05) is 43.7 Å². The molecule has 1 saturated carbocycles. The third kappa shape index (κ3) is 3.11. The maximum atomic E-state index is 13.3. The van der Waals surface area contributed by atoms with Crippen LogP contribution in [-0.4, -0.2) is 74.9 Å². The van der Waals surface area contributed by atoms with E-state index >= 15 is 0 Å². The third-order valence-corrected chi connectivity index (χ3v) is 6.63. The molecule has 2 aliphatic rings. The number of piperazine rings is 1. The summed E-state index contributed by atoms with van der Waals surface area (Å²) in [7, 11) is 0. The van der Waals surface area contributed by atoms with Crippen LogP contribution in [0.4, 0.5) is 0 Å². The van der Waals surface area contributed by atoms with Crippen LogP contribution in [0.5, 0.6) is 0 Å². The van der Waals surface area contributed by atoms with E-state index in [0.29, 0.717) is 36.6 Å². The number of carbonyl (C=O) groups excluding carboxylic acids is 1. The molecule has 8 heteroatoms. The zero-order valence-electron chi connectivity index (χ0n) is 17.2. The van der Waals surface area contributed by atoms with Gasteiger partial charge in [-0.2, -0.15) is 5.10 Å². The summed E-state index contributed by atoms with van der Waals surface area (Å²) in [5, 5.41) is 15.1. The minimum Gasteiger partial charge on any atom is -0.395 e. The van der Waals surface area contributed by atoms with Crippen molar-refractivity contribution in [2.45, 2.75) is 32.2 Å². The van der Waals surface area contributed by atoms with E-state index in [1.165, 1.54) is 6.42 Å². The number of amides is 1. The molecule has 2 fully saturated rings. The van der Waals surface area contributed by atoms with E-state index in [9.17, 15) is 9.59 Å². The van der Waals surface area contributed by atoms with Crippen molar-refractivity contribution in [1.29, 1.82) is 0 Å². The molecule has 8 nitrogen and oxygen atoms in total. The van der Waals surface area contributed by atoms with Gasteiger partial charge in [0.2, 0.25) is 0 Å². The van der Waals surface area contributed by atoms with Crippen molar-refractivity contribution in [3.63, 3.8) is 0 Å². The van der Waals surface area contributed by atoms with E-state index in [-0.39, 0.29) is 18.1 Å². The largest absolute Gasteiger partial charge is 0.395 e. The molecule has 2 aromatic heterocycles. The summed E-state index contributed by atoms with van der Waals surface area (Å²) in [5.74, 6) is 0.0205. The van der Waals surface area contributed by atoms with Gasteiger partial charge >= 0.3 is 0 Å². The molecule has 1 aromatic carbocycles. The number of nitrogens with zero attached hydrogens (tertiary/aromatic N) is 4. The maximum Gasteiger partial charge on any atom is 0.259 e. The number of pyridine rings is 1. The first-order valence-corrected chi connectivity index (χ1v) is 10.7. The summed E-state index contributed by atoms with van der Waals surface area (Å²) in [5.41, 5.74) is 2.97. The molecule has 0 radical (unpaired) electrons. The number of nitrogens with one attached hydrogen (secondary N) is 1. The zero-order chi connectivity index (χ0) is 20.8. The molecule has 3 aromatic rings. The average molecular weight is 409 g/mol. The Morgan fingerprint density at radius 2 is 1.97 bits per heavy atom. The fraction of sp³-hybridized carbons (Fsp3) is 0.500. The van der Waals surface area contributed by atoms with Crippen molar-refractivity contribution >= 4 is 27.7 Å². The lowest BCUT2D eigenvalue weighted by atomic mass is 9.93. The van der Waals surface area contributed by atoms with Crippen molar-refractivity contribution < 1.29 is 9.90 Å². The number of hydrogen-bond acceptors (Lipinski definition) is 5. The van der Waals surface area contributed by atoms with Gasteiger partial charge in [-0.1, -0.05) is 0 Å². The standard InChI is InChI=1S/C22H27N5O3/c1-14-11-19-17(12-16(14)22(30)26-7-5-25(6-8-26)9-10-28)20-18(21(29)24-19)13-23-27(20)15-3-2-4-15/h11-13,15,28H,2-10H2,1H3,(H,24,29). The Hall–Kier alpha value is -2.71. The number of carbonyl (C=O) groups is 1. The quantitative estimate of drug-likeness (QED) is 0.684. The molecule has 1 amide bonds. The number of benzene rings is 1. The molecular weight excluding hydrogens is 382 g/mol. The molecule has 1 saturated heterocycles. The lowest BCUT2D eigenvalue weighted by molar-refractivity contribution is 0.0614. The number of rotatable bonds is 4. The zero-order valence-corrected chi connectivity index (χ0v) is 17.2. The van der Waals surface area contributed by atoms with Crippen LogP contribution in [0.25, 0.3) is 21.8 Å². The number of aryl methyl sites for hydroxylation is 1. The van der Waals surface area contributed by atoms with E-state index < -0.39 is 0 Å². The summed E-state index contributed by atoms with van der Waals surface area (Å²) in [6, 6.07) is 4.17. The molecule has 5 rings (SSSR count). The molecule has 158 valence electrons. The number of aliphatic hydroxyl groups is 1. The number of H-pyrrole nitrogens is 1. The van der Waals surface area contributed by atoms with Gasteiger partial charge in [-0.25, -0.2) is 0 Å².